The lowest BCUT2D eigenvalue weighted by Gasteiger charge is -2.26. The molecule has 1 saturated heterocycles. The number of carbonyl (C=O) groups excluding carboxylic acids is 1. The van der Waals surface area contributed by atoms with Crippen LogP contribution in [0.15, 0.2) is 36.9 Å². The van der Waals surface area contributed by atoms with E-state index in [1.165, 1.54) is 0 Å². The van der Waals surface area contributed by atoms with Crippen molar-refractivity contribution in [3.8, 4) is 11.1 Å². The number of ketones is 1. The summed E-state index contributed by atoms with van der Waals surface area (Å²) in [5, 5.41) is 5.20. The van der Waals surface area contributed by atoms with Gasteiger partial charge in [0.05, 0.1) is 31.1 Å². The average Bonchev–Trinajstić information content (AvgIpc) is 3.13. The molecule has 0 saturated carbocycles. The van der Waals surface area contributed by atoms with Crippen molar-refractivity contribution in [2.75, 3.05) is 32.8 Å². The van der Waals surface area contributed by atoms with Gasteiger partial charge in [-0.15, -0.1) is 0 Å². The summed E-state index contributed by atoms with van der Waals surface area (Å²) in [6.45, 7) is 4.12. The first-order valence-electron chi connectivity index (χ1n) is 9.23. The molecule has 1 aliphatic rings. The summed E-state index contributed by atoms with van der Waals surface area (Å²) in [7, 11) is 1.89. The summed E-state index contributed by atoms with van der Waals surface area (Å²) in [4.78, 5) is 23.5. The molecule has 4 rings (SSSR count). The van der Waals surface area contributed by atoms with E-state index in [1.807, 2.05) is 31.7 Å². The summed E-state index contributed by atoms with van der Waals surface area (Å²) in [5.41, 5.74) is 3.64. The minimum absolute atomic E-state index is 0.213. The first kappa shape index (κ1) is 17.8. The number of rotatable bonds is 6. The molecule has 0 amide bonds. The number of fused-ring (bicyclic) bond motifs is 1. The number of ether oxygens (including phenoxy) is 1. The third-order valence-electron chi connectivity index (χ3n) is 4.85. The zero-order valence-electron chi connectivity index (χ0n) is 15.5. The van der Waals surface area contributed by atoms with E-state index in [2.05, 4.69) is 26.0 Å². The number of pyridine rings is 2. The second-order valence-electron chi connectivity index (χ2n) is 6.91. The normalized spacial score (nSPS) is 15.3. The summed E-state index contributed by atoms with van der Waals surface area (Å²) in [6, 6.07) is 4.04. The van der Waals surface area contributed by atoms with Gasteiger partial charge in [-0.1, -0.05) is 0 Å². The van der Waals surface area contributed by atoms with Crippen LogP contribution in [0, 0.1) is 0 Å². The fraction of sp³-hybridized carbons (Fsp3) is 0.400. The lowest BCUT2D eigenvalue weighted by atomic mass is 10.1. The molecule has 0 atom stereocenters. The number of hydrogen-bond donors (Lipinski definition) is 0. The molecule has 3 aromatic heterocycles. The molecule has 1 fully saturated rings. The van der Waals surface area contributed by atoms with Crippen LogP contribution in [0.2, 0.25) is 0 Å². The molecule has 0 bridgehead atoms. The van der Waals surface area contributed by atoms with Crippen molar-refractivity contribution < 1.29 is 9.53 Å². The second-order valence-corrected chi connectivity index (χ2v) is 6.91. The van der Waals surface area contributed by atoms with Gasteiger partial charge in [0.15, 0.2) is 0 Å². The van der Waals surface area contributed by atoms with E-state index >= 15 is 0 Å². The molecule has 0 aromatic carbocycles. The summed E-state index contributed by atoms with van der Waals surface area (Å²) < 4.78 is 7.11. The Bertz CT molecular complexity index is 946. The smallest absolute Gasteiger partial charge is 0.140 e. The van der Waals surface area contributed by atoms with Gasteiger partial charge >= 0.3 is 0 Å². The van der Waals surface area contributed by atoms with Crippen molar-refractivity contribution in [3.05, 3.63) is 42.6 Å². The molecule has 7 nitrogen and oxygen atoms in total. The van der Waals surface area contributed by atoms with Crippen LogP contribution in [0.4, 0.5) is 0 Å². The highest BCUT2D eigenvalue weighted by molar-refractivity contribution is 5.85. The van der Waals surface area contributed by atoms with Crippen molar-refractivity contribution in [1.29, 1.82) is 0 Å². The van der Waals surface area contributed by atoms with Gasteiger partial charge in [-0.25, -0.2) is 0 Å². The van der Waals surface area contributed by atoms with Crippen molar-refractivity contribution in [1.82, 2.24) is 24.6 Å². The van der Waals surface area contributed by atoms with Crippen LogP contribution in [0.1, 0.15) is 12.1 Å². The van der Waals surface area contributed by atoms with E-state index in [9.17, 15) is 4.79 Å². The van der Waals surface area contributed by atoms with Crippen LogP contribution in [0.3, 0.4) is 0 Å². The van der Waals surface area contributed by atoms with E-state index in [0.29, 0.717) is 12.8 Å². The quantitative estimate of drug-likeness (QED) is 0.664. The van der Waals surface area contributed by atoms with Gasteiger partial charge in [-0.2, -0.15) is 5.10 Å². The lowest BCUT2D eigenvalue weighted by Crippen LogP contribution is -2.37. The van der Waals surface area contributed by atoms with Gasteiger partial charge in [0.25, 0.3) is 0 Å². The minimum Gasteiger partial charge on any atom is -0.379 e. The molecule has 0 radical (unpaired) electrons. The fourth-order valence-corrected chi connectivity index (χ4v) is 3.30. The first-order valence-corrected chi connectivity index (χ1v) is 9.23. The number of aryl methyl sites for hydroxylation is 1. The molecule has 0 unspecified atom stereocenters. The Morgan fingerprint density at radius 2 is 1.96 bits per heavy atom. The zero-order chi connectivity index (χ0) is 18.6. The van der Waals surface area contributed by atoms with Gasteiger partial charge in [-0.3, -0.25) is 24.3 Å². The number of morpholine rings is 1. The van der Waals surface area contributed by atoms with Gasteiger partial charge in [0.2, 0.25) is 0 Å². The van der Waals surface area contributed by atoms with Crippen molar-refractivity contribution in [2.45, 2.75) is 12.8 Å². The Morgan fingerprint density at radius 1 is 1.11 bits per heavy atom. The maximum absolute atomic E-state index is 12.4. The SMILES string of the molecule is Cn1cc(-c2cnc3cnc(CC(=O)CCN4CCOCC4)cc3c2)cn1. The predicted octanol–water partition coefficient (Wildman–Crippen LogP) is 1.86. The lowest BCUT2D eigenvalue weighted by molar-refractivity contribution is -0.119. The minimum atomic E-state index is 0.213. The Kier molecular flexibility index (Phi) is 5.22. The number of nitrogens with zero attached hydrogens (tertiary/aromatic N) is 5. The number of hydrogen-bond acceptors (Lipinski definition) is 6. The monoisotopic (exact) mass is 365 g/mol. The Morgan fingerprint density at radius 3 is 2.74 bits per heavy atom. The predicted molar refractivity (Wildman–Crippen MR) is 102 cm³/mol. The molecule has 4 heterocycles. The zero-order valence-corrected chi connectivity index (χ0v) is 15.5. The Labute approximate surface area is 158 Å². The highest BCUT2D eigenvalue weighted by Crippen LogP contribution is 2.22. The van der Waals surface area contributed by atoms with Gasteiger partial charge < -0.3 is 4.74 Å². The summed E-state index contributed by atoms with van der Waals surface area (Å²) in [6.07, 6.45) is 8.26. The van der Waals surface area contributed by atoms with Crippen molar-refractivity contribution in [2.24, 2.45) is 7.05 Å². The molecule has 0 N–H and O–H groups in total. The third-order valence-corrected chi connectivity index (χ3v) is 4.85. The third kappa shape index (κ3) is 4.37. The van der Waals surface area contributed by atoms with Crippen LogP contribution in [0.25, 0.3) is 22.0 Å². The Hall–Kier alpha value is -2.64. The number of aromatic nitrogens is 4. The van der Waals surface area contributed by atoms with Gasteiger partial charge in [0.1, 0.15) is 5.78 Å². The van der Waals surface area contributed by atoms with Crippen LogP contribution in [0.5, 0.6) is 0 Å². The van der Waals surface area contributed by atoms with E-state index in [4.69, 9.17) is 4.74 Å². The van der Waals surface area contributed by atoms with Gasteiger partial charge in [-0.05, 0) is 12.1 Å². The molecule has 3 aromatic rings. The van der Waals surface area contributed by atoms with Crippen LogP contribution in [-0.4, -0.2) is 63.3 Å². The van der Waals surface area contributed by atoms with Crippen molar-refractivity contribution in [3.63, 3.8) is 0 Å². The highest BCUT2D eigenvalue weighted by Gasteiger charge is 2.13. The molecule has 0 spiro atoms. The summed E-state index contributed by atoms with van der Waals surface area (Å²) in [5.74, 6) is 0.213. The second kappa shape index (κ2) is 7.94. The van der Waals surface area contributed by atoms with Crippen LogP contribution in [-0.2, 0) is 23.0 Å². The average molecular weight is 365 g/mol. The molecule has 1 aliphatic heterocycles. The van der Waals surface area contributed by atoms with Crippen molar-refractivity contribution >= 4 is 16.7 Å². The summed E-state index contributed by atoms with van der Waals surface area (Å²) >= 11 is 0. The number of Topliss-reactive ketones (excluding diaryl/α,β-unsaturated/α-hetero) is 1. The standard InChI is InChI=1S/C20H23N5O2/c1-24-14-17(12-23-24)16-8-15-9-18(21-13-20(15)22-11-16)10-19(26)2-3-25-4-6-27-7-5-25/h8-9,11-14H,2-7,10H2,1H3. The molecule has 7 heteroatoms. The van der Waals surface area contributed by atoms with E-state index < -0.39 is 0 Å². The van der Waals surface area contributed by atoms with E-state index in [1.54, 1.807) is 10.9 Å². The van der Waals surface area contributed by atoms with Crippen LogP contribution < -0.4 is 0 Å². The van der Waals surface area contributed by atoms with E-state index in [0.717, 1.165) is 60.6 Å². The first-order chi connectivity index (χ1) is 13.2. The topological polar surface area (TPSA) is 73.1 Å². The molecular weight excluding hydrogens is 342 g/mol. The van der Waals surface area contributed by atoms with Crippen LogP contribution >= 0.6 is 0 Å². The Balaban J connectivity index is 1.44. The molecule has 0 aliphatic carbocycles. The van der Waals surface area contributed by atoms with Gasteiger partial charge in [0, 0.05) is 74.1 Å². The van der Waals surface area contributed by atoms with E-state index in [-0.39, 0.29) is 5.78 Å². The maximum Gasteiger partial charge on any atom is 0.140 e. The molecule has 140 valence electrons. The number of carbonyl (C=O) groups is 1. The fourth-order valence-electron chi connectivity index (χ4n) is 3.30. The molecule has 27 heavy (non-hydrogen) atoms. The highest BCUT2D eigenvalue weighted by atomic mass is 16.5. The maximum atomic E-state index is 12.4. The molecular formula is C20H23N5O2. The largest absolute Gasteiger partial charge is 0.379 e.